The molecule has 0 bridgehead atoms. The van der Waals surface area contributed by atoms with Crippen molar-refractivity contribution in [3.63, 3.8) is 0 Å². The van der Waals surface area contributed by atoms with Crippen molar-refractivity contribution in [1.29, 1.82) is 0 Å². The first-order chi connectivity index (χ1) is 13.4. The molecule has 152 valence electrons. The lowest BCUT2D eigenvalue weighted by atomic mass is 10.1. The van der Waals surface area contributed by atoms with Crippen LogP contribution in [0.2, 0.25) is 5.02 Å². The molecule has 3 N–H and O–H groups in total. The number of ether oxygens (including phenoxy) is 1. The number of nitrogens with zero attached hydrogens (tertiary/aromatic N) is 2. The summed E-state index contributed by atoms with van der Waals surface area (Å²) in [5.74, 6) is -1.34. The number of carboxylic acid groups (broad SMARTS) is 1. The molecule has 6 nitrogen and oxygen atoms in total. The summed E-state index contributed by atoms with van der Waals surface area (Å²) in [6.07, 6.45) is 1.55. The number of rotatable bonds is 7. The minimum absolute atomic E-state index is 0. The summed E-state index contributed by atoms with van der Waals surface area (Å²) in [5, 5.41) is 9.00. The molecule has 0 fully saturated rings. The third kappa shape index (κ3) is 6.39. The highest BCUT2D eigenvalue weighted by Gasteiger charge is 2.11. The minimum Gasteiger partial charge on any atom is -0.481 e. The number of halogens is 3. The van der Waals surface area contributed by atoms with Gasteiger partial charge in [-0.2, -0.15) is 0 Å². The quantitative estimate of drug-likeness (QED) is 0.564. The van der Waals surface area contributed by atoms with Crippen LogP contribution in [0.15, 0.2) is 54.7 Å². The maximum atomic E-state index is 13.8. The zero-order valence-corrected chi connectivity index (χ0v) is 16.7. The van der Waals surface area contributed by atoms with Gasteiger partial charge in [0.2, 0.25) is 0 Å². The van der Waals surface area contributed by atoms with Crippen LogP contribution in [0.4, 0.5) is 4.39 Å². The third-order valence-corrected chi connectivity index (χ3v) is 4.06. The third-order valence-electron chi connectivity index (χ3n) is 3.85. The van der Waals surface area contributed by atoms with Crippen LogP contribution in [0.1, 0.15) is 12.1 Å². The molecule has 0 spiro atoms. The second-order valence-electron chi connectivity index (χ2n) is 6.14. The topological polar surface area (TPSA) is 98.3 Å². The normalized spacial score (nSPS) is 11.4. The van der Waals surface area contributed by atoms with Gasteiger partial charge in [0.05, 0.1) is 17.1 Å². The van der Waals surface area contributed by atoms with Crippen LogP contribution in [0, 0.1) is 5.82 Å². The molecule has 0 unspecified atom stereocenters. The molecule has 0 aliphatic carbocycles. The summed E-state index contributed by atoms with van der Waals surface area (Å²) >= 11 is 5.68. The van der Waals surface area contributed by atoms with Gasteiger partial charge in [0.25, 0.3) is 5.88 Å². The summed E-state index contributed by atoms with van der Waals surface area (Å²) in [6.45, 7) is 0. The fourth-order valence-electron chi connectivity index (χ4n) is 2.60. The first kappa shape index (κ1) is 22.5. The Morgan fingerprint density at radius 1 is 1.24 bits per heavy atom. The molecular weight excluding hydrogens is 420 g/mol. The molecule has 0 saturated carbocycles. The van der Waals surface area contributed by atoms with Gasteiger partial charge in [-0.15, -0.1) is 12.4 Å². The van der Waals surface area contributed by atoms with Crippen LogP contribution in [0.3, 0.4) is 0 Å². The SMILES string of the molecule is Cl.N[C@H](CC(=O)O)Cc1cccc(-c2ccc(Oc3ncc(Cl)cc3F)cc2)n1. The number of aliphatic carboxylic acids is 1. The van der Waals surface area contributed by atoms with E-state index < -0.39 is 17.8 Å². The van der Waals surface area contributed by atoms with Gasteiger partial charge in [-0.3, -0.25) is 9.78 Å². The Morgan fingerprint density at radius 2 is 1.97 bits per heavy atom. The van der Waals surface area contributed by atoms with Crippen LogP contribution < -0.4 is 10.5 Å². The van der Waals surface area contributed by atoms with Gasteiger partial charge < -0.3 is 15.6 Å². The zero-order valence-electron chi connectivity index (χ0n) is 15.1. The summed E-state index contributed by atoms with van der Waals surface area (Å²) in [6, 6.07) is 13.0. The van der Waals surface area contributed by atoms with E-state index in [-0.39, 0.29) is 29.7 Å². The second-order valence-corrected chi connectivity index (χ2v) is 6.58. The number of carboxylic acids is 1. The zero-order chi connectivity index (χ0) is 20.1. The first-order valence-corrected chi connectivity index (χ1v) is 8.81. The molecule has 3 aromatic rings. The summed E-state index contributed by atoms with van der Waals surface area (Å²) < 4.78 is 19.2. The Balaban J connectivity index is 0.00000300. The van der Waals surface area contributed by atoms with Crippen LogP contribution in [-0.2, 0) is 11.2 Å². The molecule has 0 aliphatic heterocycles. The van der Waals surface area contributed by atoms with Crippen molar-refractivity contribution in [1.82, 2.24) is 9.97 Å². The maximum Gasteiger partial charge on any atom is 0.304 e. The predicted molar refractivity (Wildman–Crippen MR) is 110 cm³/mol. The monoisotopic (exact) mass is 437 g/mol. The largest absolute Gasteiger partial charge is 0.481 e. The maximum absolute atomic E-state index is 13.8. The molecule has 3 rings (SSSR count). The molecule has 1 aromatic carbocycles. The molecular formula is C20H18Cl2FN3O3. The van der Waals surface area contributed by atoms with Gasteiger partial charge in [-0.1, -0.05) is 17.7 Å². The van der Waals surface area contributed by atoms with E-state index >= 15 is 0 Å². The summed E-state index contributed by atoms with van der Waals surface area (Å²) in [7, 11) is 0. The second kappa shape index (κ2) is 10.2. The molecule has 2 heterocycles. The number of hydrogen-bond acceptors (Lipinski definition) is 5. The Morgan fingerprint density at radius 3 is 2.62 bits per heavy atom. The van der Waals surface area contributed by atoms with E-state index in [0.717, 1.165) is 11.6 Å². The van der Waals surface area contributed by atoms with E-state index in [1.807, 2.05) is 12.1 Å². The number of hydrogen-bond donors (Lipinski definition) is 2. The number of pyridine rings is 2. The van der Waals surface area contributed by atoms with E-state index in [1.54, 1.807) is 30.3 Å². The van der Waals surface area contributed by atoms with E-state index in [4.69, 9.17) is 27.2 Å². The van der Waals surface area contributed by atoms with Crippen LogP contribution in [0.25, 0.3) is 11.3 Å². The van der Waals surface area contributed by atoms with Gasteiger partial charge >= 0.3 is 5.97 Å². The number of benzene rings is 1. The minimum atomic E-state index is -0.939. The lowest BCUT2D eigenvalue weighted by Crippen LogP contribution is -2.26. The lowest BCUT2D eigenvalue weighted by Gasteiger charge is -2.10. The van der Waals surface area contributed by atoms with Crippen molar-refractivity contribution in [2.45, 2.75) is 18.9 Å². The average Bonchev–Trinajstić information content (AvgIpc) is 2.64. The molecule has 9 heteroatoms. The standard InChI is InChI=1S/C20H17ClFN3O3.ClH/c21-13-8-17(22)20(24-11-13)28-16-6-4-12(5-7-16)18-3-1-2-15(25-18)9-14(23)10-19(26)27;/h1-8,11,14H,9-10,23H2,(H,26,27);1H/t14-;/m0./s1. The van der Waals surface area contributed by atoms with Crippen LogP contribution in [-0.4, -0.2) is 27.1 Å². The van der Waals surface area contributed by atoms with E-state index in [2.05, 4.69) is 9.97 Å². The summed E-state index contributed by atoms with van der Waals surface area (Å²) in [5.41, 5.74) is 8.07. The number of aromatic nitrogens is 2. The van der Waals surface area contributed by atoms with E-state index in [0.29, 0.717) is 23.6 Å². The lowest BCUT2D eigenvalue weighted by molar-refractivity contribution is -0.137. The molecule has 0 radical (unpaired) electrons. The molecule has 29 heavy (non-hydrogen) atoms. The predicted octanol–water partition coefficient (Wildman–Crippen LogP) is 4.49. The van der Waals surface area contributed by atoms with Crippen molar-refractivity contribution >= 4 is 30.0 Å². The Labute approximate surface area is 177 Å². The van der Waals surface area contributed by atoms with Gasteiger partial charge in [-0.25, -0.2) is 9.37 Å². The van der Waals surface area contributed by atoms with Gasteiger partial charge in [0.15, 0.2) is 5.82 Å². The number of carbonyl (C=O) groups is 1. The Hall–Kier alpha value is -2.74. The van der Waals surface area contributed by atoms with Gasteiger partial charge in [-0.05, 0) is 42.5 Å². The smallest absolute Gasteiger partial charge is 0.304 e. The fraction of sp³-hybridized carbons (Fsp3) is 0.150. The Bertz CT molecular complexity index is 987. The van der Waals surface area contributed by atoms with Crippen molar-refractivity contribution in [3.8, 4) is 22.9 Å². The Kier molecular flexibility index (Phi) is 7.90. The van der Waals surface area contributed by atoms with E-state index in [1.165, 1.54) is 6.20 Å². The van der Waals surface area contributed by atoms with Crippen LogP contribution in [0.5, 0.6) is 11.6 Å². The average molecular weight is 438 g/mol. The molecule has 0 amide bonds. The number of nitrogens with two attached hydrogens (primary N) is 1. The van der Waals surface area contributed by atoms with Crippen molar-refractivity contribution < 1.29 is 19.0 Å². The highest BCUT2D eigenvalue weighted by atomic mass is 35.5. The van der Waals surface area contributed by atoms with E-state index in [9.17, 15) is 9.18 Å². The first-order valence-electron chi connectivity index (χ1n) is 8.43. The fourth-order valence-corrected chi connectivity index (χ4v) is 2.75. The van der Waals surface area contributed by atoms with Crippen molar-refractivity contribution in [3.05, 3.63) is 71.3 Å². The van der Waals surface area contributed by atoms with Gasteiger partial charge in [0, 0.05) is 29.9 Å². The van der Waals surface area contributed by atoms with Crippen LogP contribution >= 0.6 is 24.0 Å². The summed E-state index contributed by atoms with van der Waals surface area (Å²) in [4.78, 5) is 19.1. The highest BCUT2D eigenvalue weighted by Crippen LogP contribution is 2.26. The van der Waals surface area contributed by atoms with Crippen molar-refractivity contribution in [2.75, 3.05) is 0 Å². The molecule has 0 aliphatic rings. The molecule has 2 aromatic heterocycles. The van der Waals surface area contributed by atoms with Gasteiger partial charge in [0.1, 0.15) is 5.75 Å². The van der Waals surface area contributed by atoms with Crippen molar-refractivity contribution in [2.24, 2.45) is 5.73 Å². The molecule has 1 atom stereocenters. The highest BCUT2D eigenvalue weighted by molar-refractivity contribution is 6.30. The molecule has 0 saturated heterocycles.